The number of fused-ring (bicyclic) bond motifs is 1. The fourth-order valence-corrected chi connectivity index (χ4v) is 4.22. The Hall–Kier alpha value is -1.46. The standard InChI is InChI=1S/C21H32N2O3.ClH/c1-13(2)26-19-10-9-15(12-20(19)25-4)14(3)22-21(24)18-11-16-7-5-6-8-17(16)23-18;/h9-10,12-14,16-18,23H,5-8,11H2,1-4H3,(H,22,24);1H. The summed E-state index contributed by atoms with van der Waals surface area (Å²) in [5, 5.41) is 6.71. The molecule has 1 aromatic rings. The number of hydrogen-bond acceptors (Lipinski definition) is 4. The molecule has 6 heteroatoms. The van der Waals surface area contributed by atoms with Crippen LogP contribution in [0.4, 0.5) is 0 Å². The first-order valence-electron chi connectivity index (χ1n) is 9.89. The Kier molecular flexibility index (Phi) is 7.80. The second-order valence-corrected chi connectivity index (χ2v) is 7.91. The molecule has 4 atom stereocenters. The van der Waals surface area contributed by atoms with Crippen LogP contribution >= 0.6 is 12.4 Å². The molecule has 0 spiro atoms. The van der Waals surface area contributed by atoms with Gasteiger partial charge in [-0.05, 0) is 63.6 Å². The number of hydrogen-bond donors (Lipinski definition) is 2. The predicted octanol–water partition coefficient (Wildman–Crippen LogP) is 4.00. The van der Waals surface area contributed by atoms with Crippen LogP contribution in [0.3, 0.4) is 0 Å². The smallest absolute Gasteiger partial charge is 0.237 e. The molecule has 27 heavy (non-hydrogen) atoms. The summed E-state index contributed by atoms with van der Waals surface area (Å²) < 4.78 is 11.2. The van der Waals surface area contributed by atoms with Gasteiger partial charge in [0, 0.05) is 6.04 Å². The van der Waals surface area contributed by atoms with E-state index in [2.05, 4.69) is 10.6 Å². The van der Waals surface area contributed by atoms with Crippen molar-refractivity contribution in [2.75, 3.05) is 7.11 Å². The van der Waals surface area contributed by atoms with Crippen molar-refractivity contribution >= 4 is 18.3 Å². The summed E-state index contributed by atoms with van der Waals surface area (Å²) in [6.45, 7) is 5.99. The second kappa shape index (κ2) is 9.65. The zero-order chi connectivity index (χ0) is 18.7. The third-order valence-electron chi connectivity index (χ3n) is 5.59. The van der Waals surface area contributed by atoms with Gasteiger partial charge in [-0.3, -0.25) is 4.79 Å². The van der Waals surface area contributed by atoms with E-state index in [1.54, 1.807) is 7.11 Å². The highest BCUT2D eigenvalue weighted by molar-refractivity contribution is 5.85. The molecular formula is C21H33ClN2O3. The van der Waals surface area contributed by atoms with Gasteiger partial charge in [-0.2, -0.15) is 0 Å². The van der Waals surface area contributed by atoms with Crippen molar-refractivity contribution in [3.63, 3.8) is 0 Å². The quantitative estimate of drug-likeness (QED) is 0.762. The van der Waals surface area contributed by atoms with Gasteiger partial charge < -0.3 is 20.1 Å². The van der Waals surface area contributed by atoms with E-state index in [0.29, 0.717) is 17.7 Å². The lowest BCUT2D eigenvalue weighted by molar-refractivity contribution is -0.123. The molecule has 1 saturated heterocycles. The van der Waals surface area contributed by atoms with Crippen LogP contribution in [0.2, 0.25) is 0 Å². The number of carbonyl (C=O) groups excluding carboxylic acids is 1. The number of ether oxygens (including phenoxy) is 2. The summed E-state index contributed by atoms with van der Waals surface area (Å²) in [7, 11) is 1.64. The van der Waals surface area contributed by atoms with Crippen molar-refractivity contribution in [1.29, 1.82) is 0 Å². The molecular weight excluding hydrogens is 364 g/mol. The van der Waals surface area contributed by atoms with Gasteiger partial charge in [-0.25, -0.2) is 0 Å². The maximum absolute atomic E-state index is 12.7. The van der Waals surface area contributed by atoms with Crippen LogP contribution < -0.4 is 20.1 Å². The topological polar surface area (TPSA) is 59.6 Å². The van der Waals surface area contributed by atoms with Crippen LogP contribution in [0.25, 0.3) is 0 Å². The highest BCUT2D eigenvalue weighted by Gasteiger charge is 2.38. The third kappa shape index (κ3) is 5.29. The maximum atomic E-state index is 12.7. The van der Waals surface area contributed by atoms with Crippen LogP contribution in [0.1, 0.15) is 64.5 Å². The van der Waals surface area contributed by atoms with Crippen molar-refractivity contribution in [1.82, 2.24) is 10.6 Å². The number of rotatable bonds is 6. The average Bonchev–Trinajstić information content (AvgIpc) is 3.05. The monoisotopic (exact) mass is 396 g/mol. The SMILES string of the molecule is COc1cc(C(C)NC(=O)C2CC3CCCCC3N2)ccc1OC(C)C.Cl. The molecule has 5 nitrogen and oxygen atoms in total. The first-order chi connectivity index (χ1) is 12.5. The van der Waals surface area contributed by atoms with Crippen molar-refractivity contribution in [3.05, 3.63) is 23.8 Å². The molecule has 1 aromatic carbocycles. The lowest BCUT2D eigenvalue weighted by atomic mass is 9.85. The van der Waals surface area contributed by atoms with E-state index in [0.717, 1.165) is 17.7 Å². The molecule has 0 radical (unpaired) electrons. The maximum Gasteiger partial charge on any atom is 0.237 e. The van der Waals surface area contributed by atoms with Gasteiger partial charge in [0.2, 0.25) is 5.91 Å². The van der Waals surface area contributed by atoms with E-state index in [4.69, 9.17) is 9.47 Å². The Morgan fingerprint density at radius 2 is 1.93 bits per heavy atom. The summed E-state index contributed by atoms with van der Waals surface area (Å²) in [4.78, 5) is 12.7. The molecule has 1 amide bonds. The molecule has 152 valence electrons. The van der Waals surface area contributed by atoms with E-state index in [1.807, 2.05) is 39.0 Å². The van der Waals surface area contributed by atoms with E-state index in [-0.39, 0.29) is 36.5 Å². The molecule has 2 aliphatic rings. The van der Waals surface area contributed by atoms with E-state index < -0.39 is 0 Å². The number of halogens is 1. The fraction of sp³-hybridized carbons (Fsp3) is 0.667. The summed E-state index contributed by atoms with van der Waals surface area (Å²) >= 11 is 0. The Labute approximate surface area is 169 Å². The molecule has 3 rings (SSSR count). The normalized spacial score (nSPS) is 25.3. The van der Waals surface area contributed by atoms with Crippen molar-refractivity contribution in [2.45, 2.75) is 77.1 Å². The second-order valence-electron chi connectivity index (χ2n) is 7.91. The zero-order valence-electron chi connectivity index (χ0n) is 16.8. The molecule has 0 aromatic heterocycles. The highest BCUT2D eigenvalue weighted by atomic mass is 35.5. The Balaban J connectivity index is 0.00000261. The number of benzene rings is 1. The molecule has 0 bridgehead atoms. The van der Waals surface area contributed by atoms with Crippen molar-refractivity contribution < 1.29 is 14.3 Å². The zero-order valence-corrected chi connectivity index (χ0v) is 17.6. The summed E-state index contributed by atoms with van der Waals surface area (Å²) in [5.41, 5.74) is 1.02. The van der Waals surface area contributed by atoms with Gasteiger partial charge >= 0.3 is 0 Å². The summed E-state index contributed by atoms with van der Waals surface area (Å²) in [6, 6.07) is 6.25. The third-order valence-corrected chi connectivity index (χ3v) is 5.59. The van der Waals surface area contributed by atoms with Crippen molar-refractivity contribution in [3.8, 4) is 11.5 Å². The van der Waals surface area contributed by atoms with Gasteiger partial charge in [0.1, 0.15) is 0 Å². The molecule has 4 unspecified atom stereocenters. The molecule has 1 saturated carbocycles. The van der Waals surface area contributed by atoms with Crippen molar-refractivity contribution in [2.24, 2.45) is 5.92 Å². The average molecular weight is 397 g/mol. The summed E-state index contributed by atoms with van der Waals surface area (Å²) in [6.07, 6.45) is 6.10. The Bertz CT molecular complexity index is 624. The van der Waals surface area contributed by atoms with Gasteiger partial charge in [0.05, 0.1) is 25.3 Å². The van der Waals surface area contributed by atoms with Crippen LogP contribution in [0.5, 0.6) is 11.5 Å². The van der Waals surface area contributed by atoms with Crippen LogP contribution in [0.15, 0.2) is 18.2 Å². The highest BCUT2D eigenvalue weighted by Crippen LogP contribution is 2.34. The minimum Gasteiger partial charge on any atom is -0.493 e. The Morgan fingerprint density at radius 3 is 2.59 bits per heavy atom. The van der Waals surface area contributed by atoms with E-state index in [9.17, 15) is 4.79 Å². The van der Waals surface area contributed by atoms with Gasteiger partial charge in [0.15, 0.2) is 11.5 Å². The van der Waals surface area contributed by atoms with Crippen LogP contribution in [0, 0.1) is 5.92 Å². The van der Waals surface area contributed by atoms with Gasteiger partial charge in [-0.1, -0.05) is 18.9 Å². The lowest BCUT2D eigenvalue weighted by Gasteiger charge is -2.24. The molecule has 2 fully saturated rings. The predicted molar refractivity (Wildman–Crippen MR) is 110 cm³/mol. The van der Waals surface area contributed by atoms with Crippen LogP contribution in [-0.4, -0.2) is 31.2 Å². The largest absolute Gasteiger partial charge is 0.493 e. The minimum absolute atomic E-state index is 0. The molecule has 2 N–H and O–H groups in total. The lowest BCUT2D eigenvalue weighted by Crippen LogP contribution is -2.43. The van der Waals surface area contributed by atoms with Gasteiger partial charge in [0.25, 0.3) is 0 Å². The Morgan fingerprint density at radius 1 is 1.19 bits per heavy atom. The van der Waals surface area contributed by atoms with Crippen LogP contribution in [-0.2, 0) is 4.79 Å². The number of methoxy groups -OCH3 is 1. The van der Waals surface area contributed by atoms with E-state index >= 15 is 0 Å². The number of amides is 1. The molecule has 1 heterocycles. The molecule has 1 aliphatic carbocycles. The fourth-order valence-electron chi connectivity index (χ4n) is 4.22. The minimum atomic E-state index is -0.0751. The number of nitrogens with one attached hydrogen (secondary N) is 2. The van der Waals surface area contributed by atoms with E-state index in [1.165, 1.54) is 25.7 Å². The number of carbonyl (C=O) groups is 1. The summed E-state index contributed by atoms with van der Waals surface area (Å²) in [5.74, 6) is 2.20. The first kappa shape index (κ1) is 21.8. The van der Waals surface area contributed by atoms with Gasteiger partial charge in [-0.15, -0.1) is 12.4 Å². The molecule has 1 aliphatic heterocycles. The first-order valence-corrected chi connectivity index (χ1v) is 9.89.